The summed E-state index contributed by atoms with van der Waals surface area (Å²) in [5.74, 6) is 0.690. The summed E-state index contributed by atoms with van der Waals surface area (Å²) < 4.78 is 5.19. The zero-order valence-electron chi connectivity index (χ0n) is 11.5. The van der Waals surface area contributed by atoms with Crippen LogP contribution in [0.5, 0.6) is 0 Å². The Morgan fingerprint density at radius 1 is 1.47 bits per heavy atom. The smallest absolute Gasteiger partial charge is 0.407 e. The Kier molecular flexibility index (Phi) is 5.25. The maximum absolute atomic E-state index is 11.4. The van der Waals surface area contributed by atoms with Gasteiger partial charge in [-0.1, -0.05) is 6.92 Å². The molecule has 0 radical (unpaired) electrons. The third-order valence-electron chi connectivity index (χ3n) is 3.11. The Bertz CT molecular complexity index is 248. The average Bonchev–Trinajstić information content (AvgIpc) is 2.62. The molecule has 0 aromatic heterocycles. The number of alkyl carbamates (subject to hydrolysis) is 1. The van der Waals surface area contributed by atoms with E-state index in [-0.39, 0.29) is 6.09 Å². The molecule has 0 aromatic rings. The molecule has 2 N–H and O–H groups in total. The van der Waals surface area contributed by atoms with E-state index in [0.717, 1.165) is 19.4 Å². The molecular formula is C13H26N2O2. The summed E-state index contributed by atoms with van der Waals surface area (Å²) in [4.78, 5) is 11.4. The minimum atomic E-state index is -0.412. The molecule has 17 heavy (non-hydrogen) atoms. The molecule has 2 atom stereocenters. The predicted octanol–water partition coefficient (Wildman–Crippen LogP) is 2.29. The van der Waals surface area contributed by atoms with Crippen LogP contribution < -0.4 is 10.6 Å². The van der Waals surface area contributed by atoms with Gasteiger partial charge in [0.05, 0.1) is 0 Å². The maximum Gasteiger partial charge on any atom is 0.407 e. The van der Waals surface area contributed by atoms with Crippen LogP contribution in [0.25, 0.3) is 0 Å². The Morgan fingerprint density at radius 2 is 2.18 bits per heavy atom. The monoisotopic (exact) mass is 242 g/mol. The molecule has 1 rings (SSSR count). The number of hydrogen-bond acceptors (Lipinski definition) is 3. The lowest BCUT2D eigenvalue weighted by Crippen LogP contribution is -2.34. The summed E-state index contributed by atoms with van der Waals surface area (Å²) >= 11 is 0. The van der Waals surface area contributed by atoms with Crippen molar-refractivity contribution in [2.24, 2.45) is 5.92 Å². The summed E-state index contributed by atoms with van der Waals surface area (Å²) in [6, 6.07) is 0.621. The standard InChI is InChI=1S/C13H26N2O2/c1-5-11-10(6-8-14-11)7-9-15-12(16)17-13(2,3)4/h10-11,14H,5-9H2,1-4H3,(H,15,16). The van der Waals surface area contributed by atoms with Crippen LogP contribution in [0.15, 0.2) is 0 Å². The van der Waals surface area contributed by atoms with Gasteiger partial charge in [0, 0.05) is 12.6 Å². The van der Waals surface area contributed by atoms with Crippen LogP contribution in [0.4, 0.5) is 4.79 Å². The maximum atomic E-state index is 11.4. The van der Waals surface area contributed by atoms with Gasteiger partial charge in [-0.2, -0.15) is 0 Å². The second-order valence-corrected chi connectivity index (χ2v) is 5.73. The molecule has 0 saturated carbocycles. The summed E-state index contributed by atoms with van der Waals surface area (Å²) in [6.07, 6.45) is 3.10. The lowest BCUT2D eigenvalue weighted by atomic mass is 9.95. The summed E-state index contributed by atoms with van der Waals surface area (Å²) in [5, 5.41) is 6.31. The van der Waals surface area contributed by atoms with Crippen LogP contribution in [0.2, 0.25) is 0 Å². The van der Waals surface area contributed by atoms with E-state index in [1.165, 1.54) is 6.42 Å². The van der Waals surface area contributed by atoms with Crippen molar-refractivity contribution in [3.05, 3.63) is 0 Å². The van der Waals surface area contributed by atoms with Crippen LogP contribution in [-0.4, -0.2) is 30.8 Å². The molecular weight excluding hydrogens is 216 g/mol. The molecule has 4 heteroatoms. The highest BCUT2D eigenvalue weighted by Gasteiger charge is 2.25. The fourth-order valence-electron chi connectivity index (χ4n) is 2.32. The molecule has 0 aromatic carbocycles. The van der Waals surface area contributed by atoms with Crippen molar-refractivity contribution in [3.8, 4) is 0 Å². The molecule has 2 unspecified atom stereocenters. The van der Waals surface area contributed by atoms with Gasteiger partial charge in [0.1, 0.15) is 5.60 Å². The van der Waals surface area contributed by atoms with Crippen LogP contribution >= 0.6 is 0 Å². The van der Waals surface area contributed by atoms with E-state index in [1.54, 1.807) is 0 Å². The van der Waals surface area contributed by atoms with E-state index < -0.39 is 5.60 Å². The van der Waals surface area contributed by atoms with Crippen LogP contribution in [-0.2, 0) is 4.74 Å². The van der Waals surface area contributed by atoms with Crippen molar-refractivity contribution >= 4 is 6.09 Å². The van der Waals surface area contributed by atoms with Gasteiger partial charge in [-0.15, -0.1) is 0 Å². The Morgan fingerprint density at radius 3 is 2.76 bits per heavy atom. The van der Waals surface area contributed by atoms with Gasteiger partial charge < -0.3 is 15.4 Å². The number of rotatable bonds is 4. The van der Waals surface area contributed by atoms with E-state index in [1.807, 2.05) is 20.8 Å². The second-order valence-electron chi connectivity index (χ2n) is 5.73. The van der Waals surface area contributed by atoms with E-state index in [4.69, 9.17) is 4.74 Å². The van der Waals surface area contributed by atoms with Crippen molar-refractivity contribution in [2.45, 2.75) is 58.6 Å². The SMILES string of the molecule is CCC1NCCC1CCNC(=O)OC(C)(C)C. The van der Waals surface area contributed by atoms with Gasteiger partial charge in [0.2, 0.25) is 0 Å². The fourth-order valence-corrected chi connectivity index (χ4v) is 2.32. The third-order valence-corrected chi connectivity index (χ3v) is 3.11. The van der Waals surface area contributed by atoms with E-state index in [9.17, 15) is 4.79 Å². The van der Waals surface area contributed by atoms with Gasteiger partial charge in [-0.25, -0.2) is 4.79 Å². The molecule has 1 heterocycles. The van der Waals surface area contributed by atoms with Gasteiger partial charge in [-0.05, 0) is 52.5 Å². The molecule has 0 aliphatic carbocycles. The molecule has 1 aliphatic heterocycles. The molecule has 4 nitrogen and oxygen atoms in total. The van der Waals surface area contributed by atoms with Crippen molar-refractivity contribution in [3.63, 3.8) is 0 Å². The Balaban J connectivity index is 2.17. The summed E-state index contributed by atoms with van der Waals surface area (Å²) in [5.41, 5.74) is -0.412. The number of carbonyl (C=O) groups is 1. The van der Waals surface area contributed by atoms with Crippen molar-refractivity contribution in [1.82, 2.24) is 10.6 Å². The van der Waals surface area contributed by atoms with E-state index >= 15 is 0 Å². The quantitative estimate of drug-likeness (QED) is 0.795. The topological polar surface area (TPSA) is 50.4 Å². The summed E-state index contributed by atoms with van der Waals surface area (Å²) in [6.45, 7) is 9.65. The van der Waals surface area contributed by atoms with Crippen LogP contribution in [0.3, 0.4) is 0 Å². The van der Waals surface area contributed by atoms with Gasteiger partial charge in [0.15, 0.2) is 0 Å². The molecule has 1 saturated heterocycles. The van der Waals surface area contributed by atoms with E-state index in [0.29, 0.717) is 18.5 Å². The third kappa shape index (κ3) is 5.39. The van der Waals surface area contributed by atoms with Crippen LogP contribution in [0, 0.1) is 5.92 Å². The molecule has 0 bridgehead atoms. The largest absolute Gasteiger partial charge is 0.444 e. The first-order chi connectivity index (χ1) is 7.92. The normalized spacial score (nSPS) is 24.7. The zero-order valence-corrected chi connectivity index (χ0v) is 11.5. The highest BCUT2D eigenvalue weighted by molar-refractivity contribution is 5.67. The number of hydrogen-bond donors (Lipinski definition) is 2. The molecule has 1 amide bonds. The van der Waals surface area contributed by atoms with Crippen LogP contribution in [0.1, 0.15) is 47.0 Å². The Hall–Kier alpha value is -0.770. The highest BCUT2D eigenvalue weighted by Crippen LogP contribution is 2.20. The number of nitrogens with one attached hydrogen (secondary N) is 2. The molecule has 1 aliphatic rings. The highest BCUT2D eigenvalue weighted by atomic mass is 16.6. The molecule has 1 fully saturated rings. The summed E-state index contributed by atoms with van der Waals surface area (Å²) in [7, 11) is 0. The number of ether oxygens (including phenoxy) is 1. The average molecular weight is 242 g/mol. The minimum Gasteiger partial charge on any atom is -0.444 e. The first-order valence-electron chi connectivity index (χ1n) is 6.62. The molecule has 0 spiro atoms. The van der Waals surface area contributed by atoms with Gasteiger partial charge >= 0.3 is 6.09 Å². The fraction of sp³-hybridized carbons (Fsp3) is 0.923. The van der Waals surface area contributed by atoms with Gasteiger partial charge in [0.25, 0.3) is 0 Å². The number of amides is 1. The minimum absolute atomic E-state index is 0.309. The zero-order chi connectivity index (χ0) is 12.9. The first kappa shape index (κ1) is 14.3. The lowest BCUT2D eigenvalue weighted by molar-refractivity contribution is 0.0524. The Labute approximate surface area is 104 Å². The molecule has 100 valence electrons. The predicted molar refractivity (Wildman–Crippen MR) is 69.0 cm³/mol. The van der Waals surface area contributed by atoms with Gasteiger partial charge in [-0.3, -0.25) is 0 Å². The first-order valence-corrected chi connectivity index (χ1v) is 6.62. The van der Waals surface area contributed by atoms with Crippen molar-refractivity contribution in [2.75, 3.05) is 13.1 Å². The second kappa shape index (κ2) is 6.24. The lowest BCUT2D eigenvalue weighted by Gasteiger charge is -2.21. The van der Waals surface area contributed by atoms with Crippen molar-refractivity contribution < 1.29 is 9.53 Å². The van der Waals surface area contributed by atoms with E-state index in [2.05, 4.69) is 17.6 Å². The van der Waals surface area contributed by atoms with Crippen molar-refractivity contribution in [1.29, 1.82) is 0 Å². The number of carbonyl (C=O) groups excluding carboxylic acids is 1.